The van der Waals surface area contributed by atoms with Crippen LogP contribution in [-0.4, -0.2) is 31.8 Å². The Bertz CT molecular complexity index is 706. The molecule has 0 heterocycles. The summed E-state index contributed by atoms with van der Waals surface area (Å²) in [7, 11) is 0. The summed E-state index contributed by atoms with van der Waals surface area (Å²) in [5, 5.41) is 0. The third-order valence-electron chi connectivity index (χ3n) is 7.26. The van der Waals surface area contributed by atoms with E-state index in [0.29, 0.717) is 19.8 Å². The summed E-state index contributed by atoms with van der Waals surface area (Å²) >= 11 is 0. The van der Waals surface area contributed by atoms with E-state index in [1.54, 1.807) is 0 Å². The lowest BCUT2D eigenvalue weighted by molar-refractivity contribution is -0.150. The number of esters is 2. The van der Waals surface area contributed by atoms with Crippen molar-refractivity contribution < 1.29 is 23.8 Å². The molecule has 1 aliphatic rings. The summed E-state index contributed by atoms with van der Waals surface area (Å²) in [4.78, 5) is 23.4. The lowest BCUT2D eigenvalue weighted by atomic mass is 9.77. The Balaban J connectivity index is 1.43. The van der Waals surface area contributed by atoms with Crippen LogP contribution in [0.1, 0.15) is 128 Å². The zero-order chi connectivity index (χ0) is 25.8. The number of benzene rings is 1. The highest BCUT2D eigenvalue weighted by Crippen LogP contribution is 2.37. The highest BCUT2D eigenvalue weighted by atomic mass is 16.5. The summed E-state index contributed by atoms with van der Waals surface area (Å²) < 4.78 is 16.3. The van der Waals surface area contributed by atoms with E-state index in [9.17, 15) is 9.59 Å². The van der Waals surface area contributed by atoms with Gasteiger partial charge < -0.3 is 14.2 Å². The maximum absolute atomic E-state index is 11.8. The lowest BCUT2D eigenvalue weighted by Crippen LogP contribution is -2.13. The van der Waals surface area contributed by atoms with Crippen LogP contribution in [0.5, 0.6) is 5.75 Å². The van der Waals surface area contributed by atoms with E-state index in [0.717, 1.165) is 69.0 Å². The molecule has 0 radical (unpaired) electrons. The molecule has 0 N–H and O–H groups in total. The Labute approximate surface area is 219 Å². The average molecular weight is 503 g/mol. The van der Waals surface area contributed by atoms with Gasteiger partial charge in [-0.05, 0) is 87.3 Å². The van der Waals surface area contributed by atoms with Crippen molar-refractivity contribution in [3.63, 3.8) is 0 Å². The quantitative estimate of drug-likeness (QED) is 0.141. The van der Waals surface area contributed by atoms with E-state index in [2.05, 4.69) is 38.1 Å². The van der Waals surface area contributed by atoms with Crippen molar-refractivity contribution in [3.8, 4) is 5.75 Å². The van der Waals surface area contributed by atoms with Crippen molar-refractivity contribution in [2.24, 2.45) is 5.92 Å². The molecule has 0 spiro atoms. The van der Waals surface area contributed by atoms with Crippen LogP contribution in [0.15, 0.2) is 24.3 Å². The first-order valence-corrected chi connectivity index (χ1v) is 14.7. The molecule has 5 nitrogen and oxygen atoms in total. The van der Waals surface area contributed by atoms with Crippen LogP contribution in [0.3, 0.4) is 0 Å². The molecule has 204 valence electrons. The summed E-state index contributed by atoms with van der Waals surface area (Å²) in [6, 6.07) is 8.74. The molecule has 0 aromatic heterocycles. The number of unbranched alkanes of at least 4 members (excludes halogenated alkanes) is 6. The van der Waals surface area contributed by atoms with Gasteiger partial charge in [-0.15, -0.1) is 0 Å². The van der Waals surface area contributed by atoms with Crippen molar-refractivity contribution in [1.29, 1.82) is 0 Å². The Morgan fingerprint density at radius 1 is 0.694 bits per heavy atom. The third-order valence-corrected chi connectivity index (χ3v) is 7.26. The van der Waals surface area contributed by atoms with Gasteiger partial charge >= 0.3 is 11.9 Å². The molecule has 1 aromatic carbocycles. The van der Waals surface area contributed by atoms with Crippen LogP contribution in [0.4, 0.5) is 0 Å². The standard InChI is InChI=1S/C31H50O5/c1-3-5-6-9-24-35-30(32)21-22-31(33)36-25-11-8-7-10-23-34-29-19-17-28(18-20-29)27-15-13-26(12-4-2)14-16-27/h17-20,26-27H,3-16,21-25H2,1-2H3. The normalized spacial score (nSPS) is 17.5. The Morgan fingerprint density at radius 3 is 1.81 bits per heavy atom. The number of carbonyl (C=O) groups is 2. The molecule has 0 aliphatic heterocycles. The van der Waals surface area contributed by atoms with Crippen LogP contribution in [0, 0.1) is 5.92 Å². The van der Waals surface area contributed by atoms with Gasteiger partial charge in [-0.3, -0.25) is 9.59 Å². The monoisotopic (exact) mass is 502 g/mol. The molecular weight excluding hydrogens is 452 g/mol. The van der Waals surface area contributed by atoms with Crippen molar-refractivity contribution in [2.45, 2.75) is 122 Å². The smallest absolute Gasteiger partial charge is 0.306 e. The van der Waals surface area contributed by atoms with Gasteiger partial charge in [-0.1, -0.05) is 58.1 Å². The van der Waals surface area contributed by atoms with E-state index < -0.39 is 0 Å². The molecule has 2 rings (SSSR count). The second-order valence-corrected chi connectivity index (χ2v) is 10.3. The van der Waals surface area contributed by atoms with Crippen LogP contribution in [0.2, 0.25) is 0 Å². The van der Waals surface area contributed by atoms with Crippen LogP contribution < -0.4 is 4.74 Å². The Kier molecular flexibility index (Phi) is 16.0. The minimum absolute atomic E-state index is 0.0978. The zero-order valence-electron chi connectivity index (χ0n) is 22.9. The van der Waals surface area contributed by atoms with Crippen molar-refractivity contribution in [2.75, 3.05) is 19.8 Å². The first-order chi connectivity index (χ1) is 17.6. The van der Waals surface area contributed by atoms with E-state index in [-0.39, 0.29) is 24.8 Å². The minimum atomic E-state index is -0.321. The molecular formula is C31H50O5. The zero-order valence-corrected chi connectivity index (χ0v) is 22.9. The van der Waals surface area contributed by atoms with E-state index in [1.165, 1.54) is 44.1 Å². The molecule has 1 aromatic rings. The predicted molar refractivity (Wildman–Crippen MR) is 145 cm³/mol. The van der Waals surface area contributed by atoms with Crippen molar-refractivity contribution in [3.05, 3.63) is 29.8 Å². The largest absolute Gasteiger partial charge is 0.494 e. The fourth-order valence-electron chi connectivity index (χ4n) is 5.03. The lowest BCUT2D eigenvalue weighted by Gasteiger charge is -2.28. The minimum Gasteiger partial charge on any atom is -0.494 e. The van der Waals surface area contributed by atoms with Crippen molar-refractivity contribution >= 4 is 11.9 Å². The molecule has 36 heavy (non-hydrogen) atoms. The summed E-state index contributed by atoms with van der Waals surface area (Å²) in [6.45, 7) is 6.01. The molecule has 0 bridgehead atoms. The third kappa shape index (κ3) is 13.3. The molecule has 0 amide bonds. The first kappa shape index (κ1) is 30.2. The van der Waals surface area contributed by atoms with Crippen molar-refractivity contribution in [1.82, 2.24) is 0 Å². The summed E-state index contributed by atoms with van der Waals surface area (Å²) in [6.07, 6.45) is 16.5. The number of rotatable bonds is 19. The average Bonchev–Trinajstić information content (AvgIpc) is 2.90. The first-order valence-electron chi connectivity index (χ1n) is 14.7. The van der Waals surface area contributed by atoms with Gasteiger partial charge in [0, 0.05) is 0 Å². The van der Waals surface area contributed by atoms with Gasteiger partial charge in [0.25, 0.3) is 0 Å². The van der Waals surface area contributed by atoms with Gasteiger partial charge in [0.1, 0.15) is 5.75 Å². The van der Waals surface area contributed by atoms with E-state index >= 15 is 0 Å². The van der Waals surface area contributed by atoms with Gasteiger partial charge in [-0.2, -0.15) is 0 Å². The predicted octanol–water partition coefficient (Wildman–Crippen LogP) is 8.15. The molecule has 1 aliphatic carbocycles. The molecule has 1 saturated carbocycles. The summed E-state index contributed by atoms with van der Waals surface area (Å²) in [5.41, 5.74) is 1.46. The van der Waals surface area contributed by atoms with E-state index in [4.69, 9.17) is 14.2 Å². The molecule has 0 atom stereocenters. The van der Waals surface area contributed by atoms with Crippen LogP contribution in [0.25, 0.3) is 0 Å². The maximum Gasteiger partial charge on any atom is 0.306 e. The van der Waals surface area contributed by atoms with Gasteiger partial charge in [-0.25, -0.2) is 0 Å². The highest BCUT2D eigenvalue weighted by Gasteiger charge is 2.21. The molecule has 0 saturated heterocycles. The number of ether oxygens (including phenoxy) is 3. The topological polar surface area (TPSA) is 61.8 Å². The fraction of sp³-hybridized carbons (Fsp3) is 0.742. The van der Waals surface area contributed by atoms with Gasteiger partial charge in [0.15, 0.2) is 0 Å². The SMILES string of the molecule is CCCCCCOC(=O)CCC(=O)OCCCCCCOc1ccc(C2CCC(CCC)CC2)cc1. The Morgan fingerprint density at radius 2 is 1.25 bits per heavy atom. The molecule has 0 unspecified atom stereocenters. The number of hydrogen-bond donors (Lipinski definition) is 0. The Hall–Kier alpha value is -2.04. The molecule has 1 fully saturated rings. The maximum atomic E-state index is 11.8. The van der Waals surface area contributed by atoms with Gasteiger partial charge in [0.2, 0.25) is 0 Å². The second-order valence-electron chi connectivity index (χ2n) is 10.3. The van der Waals surface area contributed by atoms with Crippen LogP contribution in [-0.2, 0) is 19.1 Å². The summed E-state index contributed by atoms with van der Waals surface area (Å²) in [5.74, 6) is 1.98. The van der Waals surface area contributed by atoms with Crippen LogP contribution >= 0.6 is 0 Å². The molecule has 5 heteroatoms. The number of hydrogen-bond acceptors (Lipinski definition) is 5. The highest BCUT2D eigenvalue weighted by molar-refractivity contribution is 5.77. The second kappa shape index (κ2) is 19.1. The van der Waals surface area contributed by atoms with E-state index in [1.807, 2.05) is 0 Å². The number of carbonyl (C=O) groups excluding carboxylic acids is 2. The fourth-order valence-corrected chi connectivity index (χ4v) is 5.03. The van der Waals surface area contributed by atoms with Gasteiger partial charge in [0.05, 0.1) is 32.7 Å².